The molecule has 0 spiro atoms. The van der Waals surface area contributed by atoms with Gasteiger partial charge >= 0.3 is 0 Å². The number of hydrogen-bond acceptors (Lipinski definition) is 4. The fourth-order valence-corrected chi connectivity index (χ4v) is 2.41. The largest absolute Gasteiger partial charge is 0.362 e. The number of anilines is 1. The molecule has 0 fully saturated rings. The van der Waals surface area contributed by atoms with E-state index in [0.717, 1.165) is 18.7 Å². The third-order valence-corrected chi connectivity index (χ3v) is 3.26. The third kappa shape index (κ3) is 1.88. The lowest BCUT2D eigenvalue weighted by Gasteiger charge is -2.24. The van der Waals surface area contributed by atoms with Gasteiger partial charge in [-0.15, -0.1) is 0 Å². The minimum atomic E-state index is 0.309. The van der Waals surface area contributed by atoms with E-state index >= 15 is 0 Å². The van der Waals surface area contributed by atoms with Crippen LogP contribution in [0, 0.1) is 0 Å². The van der Waals surface area contributed by atoms with Crippen molar-refractivity contribution in [3.8, 4) is 0 Å². The molecule has 17 heavy (non-hydrogen) atoms. The standard InChI is InChI=1S/C12H15N5/c1-17-11-4-2-3-10(9(11)7-15-17)16-12-8-13-5-6-14-12/h5-8,10H,2-4H2,1H3,(H,14,16). The molecule has 0 aliphatic heterocycles. The summed E-state index contributed by atoms with van der Waals surface area (Å²) in [5, 5.41) is 7.75. The molecular formula is C12H15N5. The highest BCUT2D eigenvalue weighted by atomic mass is 15.3. The van der Waals surface area contributed by atoms with Gasteiger partial charge in [0.05, 0.1) is 18.4 Å². The molecule has 0 bridgehead atoms. The van der Waals surface area contributed by atoms with Gasteiger partial charge in [-0.1, -0.05) is 0 Å². The molecule has 5 heteroatoms. The average molecular weight is 229 g/mol. The summed E-state index contributed by atoms with van der Waals surface area (Å²) in [5.41, 5.74) is 2.63. The van der Waals surface area contributed by atoms with Gasteiger partial charge in [-0.25, -0.2) is 4.98 Å². The van der Waals surface area contributed by atoms with Crippen molar-refractivity contribution in [2.75, 3.05) is 5.32 Å². The van der Waals surface area contributed by atoms with E-state index in [9.17, 15) is 0 Å². The quantitative estimate of drug-likeness (QED) is 0.851. The number of hydrogen-bond donors (Lipinski definition) is 1. The minimum absolute atomic E-state index is 0.309. The Morgan fingerprint density at radius 3 is 3.12 bits per heavy atom. The van der Waals surface area contributed by atoms with E-state index in [2.05, 4.69) is 20.4 Å². The zero-order valence-electron chi connectivity index (χ0n) is 9.80. The smallest absolute Gasteiger partial charge is 0.144 e. The molecule has 0 radical (unpaired) electrons. The van der Waals surface area contributed by atoms with Gasteiger partial charge in [0.2, 0.25) is 0 Å². The SMILES string of the molecule is Cn1ncc2c1CCCC2Nc1cnccn1. The van der Waals surface area contributed by atoms with E-state index in [1.54, 1.807) is 18.6 Å². The molecule has 2 heterocycles. The molecule has 5 nitrogen and oxygen atoms in total. The molecule has 1 N–H and O–H groups in total. The molecule has 3 rings (SSSR count). The Balaban J connectivity index is 1.86. The second-order valence-corrected chi connectivity index (χ2v) is 4.35. The molecule has 88 valence electrons. The van der Waals surface area contributed by atoms with E-state index in [0.29, 0.717) is 6.04 Å². The van der Waals surface area contributed by atoms with Crippen LogP contribution in [0.5, 0.6) is 0 Å². The number of aryl methyl sites for hydroxylation is 1. The second-order valence-electron chi connectivity index (χ2n) is 4.35. The van der Waals surface area contributed by atoms with Gasteiger partial charge in [-0.2, -0.15) is 5.10 Å². The van der Waals surface area contributed by atoms with Crippen LogP contribution in [0.1, 0.15) is 30.1 Å². The molecule has 1 atom stereocenters. The first-order valence-electron chi connectivity index (χ1n) is 5.88. The maximum Gasteiger partial charge on any atom is 0.144 e. The molecule has 0 saturated carbocycles. The normalized spacial score (nSPS) is 18.8. The van der Waals surface area contributed by atoms with Crippen LogP contribution in [0.25, 0.3) is 0 Å². The maximum atomic E-state index is 4.33. The summed E-state index contributed by atoms with van der Waals surface area (Å²) in [4.78, 5) is 8.32. The Morgan fingerprint density at radius 1 is 1.35 bits per heavy atom. The van der Waals surface area contributed by atoms with Gasteiger partial charge in [0, 0.05) is 30.7 Å². The van der Waals surface area contributed by atoms with Crippen molar-refractivity contribution in [3.63, 3.8) is 0 Å². The summed E-state index contributed by atoms with van der Waals surface area (Å²) in [6.45, 7) is 0. The molecule has 1 aliphatic carbocycles. The molecule has 0 aromatic carbocycles. The van der Waals surface area contributed by atoms with Gasteiger partial charge in [0.1, 0.15) is 5.82 Å². The number of nitrogens with zero attached hydrogens (tertiary/aromatic N) is 4. The number of fused-ring (bicyclic) bond motifs is 1. The molecule has 0 amide bonds. The van der Waals surface area contributed by atoms with Crippen molar-refractivity contribution in [2.24, 2.45) is 7.05 Å². The van der Waals surface area contributed by atoms with Gasteiger partial charge in [-0.05, 0) is 19.3 Å². The van der Waals surface area contributed by atoms with Crippen molar-refractivity contribution in [2.45, 2.75) is 25.3 Å². The summed E-state index contributed by atoms with van der Waals surface area (Å²) in [6.07, 6.45) is 10.5. The summed E-state index contributed by atoms with van der Waals surface area (Å²) < 4.78 is 1.97. The fraction of sp³-hybridized carbons (Fsp3) is 0.417. The van der Waals surface area contributed by atoms with E-state index < -0.39 is 0 Å². The van der Waals surface area contributed by atoms with Crippen molar-refractivity contribution < 1.29 is 0 Å². The van der Waals surface area contributed by atoms with E-state index in [4.69, 9.17) is 0 Å². The van der Waals surface area contributed by atoms with Crippen LogP contribution < -0.4 is 5.32 Å². The zero-order valence-corrected chi connectivity index (χ0v) is 9.80. The highest BCUT2D eigenvalue weighted by molar-refractivity contribution is 5.37. The zero-order chi connectivity index (χ0) is 11.7. The van der Waals surface area contributed by atoms with Crippen molar-refractivity contribution in [1.29, 1.82) is 0 Å². The highest BCUT2D eigenvalue weighted by Gasteiger charge is 2.23. The number of nitrogens with one attached hydrogen (secondary N) is 1. The molecule has 1 aliphatic rings. The van der Waals surface area contributed by atoms with Gasteiger partial charge < -0.3 is 5.32 Å². The van der Waals surface area contributed by atoms with Crippen LogP contribution >= 0.6 is 0 Å². The van der Waals surface area contributed by atoms with Crippen molar-refractivity contribution in [1.82, 2.24) is 19.7 Å². The minimum Gasteiger partial charge on any atom is -0.362 e. The van der Waals surface area contributed by atoms with E-state index in [1.165, 1.54) is 17.7 Å². The Hall–Kier alpha value is -1.91. The molecule has 2 aromatic rings. The van der Waals surface area contributed by atoms with Crippen LogP contribution in [-0.2, 0) is 13.5 Å². The summed E-state index contributed by atoms with van der Waals surface area (Å²) in [7, 11) is 2.00. The van der Waals surface area contributed by atoms with Crippen molar-refractivity contribution in [3.05, 3.63) is 36.0 Å². The fourth-order valence-electron chi connectivity index (χ4n) is 2.41. The van der Waals surface area contributed by atoms with Gasteiger partial charge in [0.15, 0.2) is 0 Å². The molecule has 0 saturated heterocycles. The Kier molecular flexibility index (Phi) is 2.51. The third-order valence-electron chi connectivity index (χ3n) is 3.26. The topological polar surface area (TPSA) is 55.6 Å². The molecule has 1 unspecified atom stereocenters. The maximum absolute atomic E-state index is 4.33. The second kappa shape index (κ2) is 4.16. The predicted octanol–water partition coefficient (Wildman–Crippen LogP) is 1.70. The lowest BCUT2D eigenvalue weighted by molar-refractivity contribution is 0.570. The summed E-state index contributed by atoms with van der Waals surface area (Å²) in [5.74, 6) is 0.828. The van der Waals surface area contributed by atoms with Crippen LogP contribution in [0.2, 0.25) is 0 Å². The Morgan fingerprint density at radius 2 is 2.29 bits per heavy atom. The van der Waals surface area contributed by atoms with Crippen LogP contribution in [-0.4, -0.2) is 19.7 Å². The average Bonchev–Trinajstić information content (AvgIpc) is 2.74. The lowest BCUT2D eigenvalue weighted by atomic mass is 9.93. The van der Waals surface area contributed by atoms with Crippen molar-refractivity contribution >= 4 is 5.82 Å². The first kappa shape index (κ1) is 10.3. The Bertz CT molecular complexity index is 505. The lowest BCUT2D eigenvalue weighted by Crippen LogP contribution is -2.18. The summed E-state index contributed by atoms with van der Waals surface area (Å²) in [6, 6.07) is 0.309. The highest BCUT2D eigenvalue weighted by Crippen LogP contribution is 2.31. The van der Waals surface area contributed by atoms with Crippen LogP contribution in [0.4, 0.5) is 5.82 Å². The first-order chi connectivity index (χ1) is 8.34. The van der Waals surface area contributed by atoms with Crippen LogP contribution in [0.3, 0.4) is 0 Å². The monoisotopic (exact) mass is 229 g/mol. The van der Waals surface area contributed by atoms with Gasteiger partial charge in [0.25, 0.3) is 0 Å². The van der Waals surface area contributed by atoms with E-state index in [-0.39, 0.29) is 0 Å². The molecular weight excluding hydrogens is 214 g/mol. The number of aromatic nitrogens is 4. The predicted molar refractivity (Wildman–Crippen MR) is 64.5 cm³/mol. The van der Waals surface area contributed by atoms with Crippen LogP contribution in [0.15, 0.2) is 24.8 Å². The summed E-state index contributed by atoms with van der Waals surface area (Å²) >= 11 is 0. The van der Waals surface area contributed by atoms with Gasteiger partial charge in [-0.3, -0.25) is 9.67 Å². The molecule has 2 aromatic heterocycles. The first-order valence-corrected chi connectivity index (χ1v) is 5.88. The van der Waals surface area contributed by atoms with E-state index in [1.807, 2.05) is 17.9 Å². The Labute approximate surface area is 99.9 Å². The number of rotatable bonds is 2.